The fourth-order valence-corrected chi connectivity index (χ4v) is 2.58. The van der Waals surface area contributed by atoms with Crippen LogP contribution in [0.4, 0.5) is 14.5 Å². The van der Waals surface area contributed by atoms with Gasteiger partial charge in [0.1, 0.15) is 0 Å². The Bertz CT molecular complexity index is 641. The van der Waals surface area contributed by atoms with Gasteiger partial charge >= 0.3 is 0 Å². The van der Waals surface area contributed by atoms with Gasteiger partial charge < -0.3 is 5.32 Å². The minimum Gasteiger partial charge on any atom is -0.321 e. The summed E-state index contributed by atoms with van der Waals surface area (Å²) in [6, 6.07) is 13.8. The summed E-state index contributed by atoms with van der Waals surface area (Å²) in [7, 11) is 0. The lowest BCUT2D eigenvalue weighted by Crippen LogP contribution is -2.12. The molecule has 0 fully saturated rings. The zero-order valence-electron chi connectivity index (χ0n) is 12.3. The lowest BCUT2D eigenvalue weighted by Gasteiger charge is -2.11. The molecule has 0 unspecified atom stereocenters. The summed E-state index contributed by atoms with van der Waals surface area (Å²) in [5.41, 5.74) is 2.04. The molecule has 0 aliphatic rings. The number of hydrogen-bond donors (Lipinski definition) is 1. The molecule has 0 aromatic heterocycles. The summed E-state index contributed by atoms with van der Waals surface area (Å²) in [6.45, 7) is 4.15. The average molecular weight is 321 g/mol. The third-order valence-electron chi connectivity index (χ3n) is 3.19. The van der Waals surface area contributed by atoms with E-state index >= 15 is 0 Å². The van der Waals surface area contributed by atoms with Crippen LogP contribution in [0.15, 0.2) is 53.4 Å². The van der Waals surface area contributed by atoms with Crippen LogP contribution in [-0.4, -0.2) is 11.7 Å². The van der Waals surface area contributed by atoms with Gasteiger partial charge in [-0.25, -0.2) is 0 Å². The second kappa shape index (κ2) is 7.40. The largest absolute Gasteiger partial charge is 0.321 e. The number of alkyl halides is 2. The predicted octanol–water partition coefficient (Wildman–Crippen LogP) is 5.38. The molecule has 0 saturated heterocycles. The van der Waals surface area contributed by atoms with Gasteiger partial charge in [-0.05, 0) is 35.7 Å². The maximum atomic E-state index is 12.5. The van der Waals surface area contributed by atoms with Gasteiger partial charge in [0.05, 0.1) is 5.69 Å². The van der Waals surface area contributed by atoms with Crippen LogP contribution in [0, 0.1) is 0 Å². The van der Waals surface area contributed by atoms with Crippen LogP contribution in [0.1, 0.15) is 35.7 Å². The van der Waals surface area contributed by atoms with E-state index in [2.05, 4.69) is 19.2 Å². The van der Waals surface area contributed by atoms with Gasteiger partial charge in [0.15, 0.2) is 0 Å². The van der Waals surface area contributed by atoms with E-state index in [0.717, 1.165) is 5.56 Å². The molecule has 5 heteroatoms. The van der Waals surface area contributed by atoms with Crippen molar-refractivity contribution >= 4 is 23.4 Å². The Hall–Kier alpha value is -1.88. The Morgan fingerprint density at radius 1 is 1.05 bits per heavy atom. The van der Waals surface area contributed by atoms with Gasteiger partial charge in [-0.3, -0.25) is 4.79 Å². The number of nitrogens with one attached hydrogen (secondary N) is 1. The van der Waals surface area contributed by atoms with E-state index in [1.54, 1.807) is 36.4 Å². The summed E-state index contributed by atoms with van der Waals surface area (Å²) >= 11 is 0.421. The standard InChI is InChI=1S/C17H17F2NOS/c1-11(2)12-7-9-13(10-8-12)16(21)20-14-5-3-4-6-15(14)22-17(18)19/h3-11,17H,1-2H3,(H,20,21). The van der Waals surface area contributed by atoms with Crippen molar-refractivity contribution < 1.29 is 13.6 Å². The Morgan fingerprint density at radius 2 is 1.68 bits per heavy atom. The zero-order valence-corrected chi connectivity index (χ0v) is 13.2. The lowest BCUT2D eigenvalue weighted by atomic mass is 10.0. The topological polar surface area (TPSA) is 29.1 Å². The highest BCUT2D eigenvalue weighted by Crippen LogP contribution is 2.31. The number of para-hydroxylation sites is 1. The minimum atomic E-state index is -2.52. The molecule has 0 bridgehead atoms. The second-order valence-electron chi connectivity index (χ2n) is 5.11. The molecule has 2 rings (SSSR count). The van der Waals surface area contributed by atoms with Crippen LogP contribution in [0.2, 0.25) is 0 Å². The van der Waals surface area contributed by atoms with Crippen LogP contribution < -0.4 is 5.32 Å². The van der Waals surface area contributed by atoms with E-state index in [1.807, 2.05) is 12.1 Å². The number of carbonyl (C=O) groups is 1. The third-order valence-corrected chi connectivity index (χ3v) is 3.98. The van der Waals surface area contributed by atoms with Crippen molar-refractivity contribution in [3.8, 4) is 0 Å². The fourth-order valence-electron chi connectivity index (χ4n) is 1.98. The van der Waals surface area contributed by atoms with Gasteiger partial charge in [0.25, 0.3) is 11.7 Å². The molecule has 0 saturated carbocycles. The van der Waals surface area contributed by atoms with Crippen LogP contribution in [0.3, 0.4) is 0 Å². The highest BCUT2D eigenvalue weighted by Gasteiger charge is 2.13. The fraction of sp³-hybridized carbons (Fsp3) is 0.235. The molecule has 2 aromatic rings. The Labute approximate surface area is 132 Å². The molecular formula is C17H17F2NOS. The molecule has 22 heavy (non-hydrogen) atoms. The molecule has 0 heterocycles. The molecule has 1 amide bonds. The number of hydrogen-bond acceptors (Lipinski definition) is 2. The summed E-state index contributed by atoms with van der Waals surface area (Å²) in [6.07, 6.45) is 0. The van der Waals surface area contributed by atoms with Crippen molar-refractivity contribution in [1.29, 1.82) is 0 Å². The van der Waals surface area contributed by atoms with Gasteiger partial charge in [0, 0.05) is 10.5 Å². The first-order valence-electron chi connectivity index (χ1n) is 6.92. The first-order chi connectivity index (χ1) is 10.5. The number of amides is 1. The molecule has 2 aromatic carbocycles. The zero-order chi connectivity index (χ0) is 16.1. The summed E-state index contributed by atoms with van der Waals surface area (Å²) in [5, 5.41) is 2.69. The summed E-state index contributed by atoms with van der Waals surface area (Å²) in [4.78, 5) is 12.6. The maximum Gasteiger partial charge on any atom is 0.288 e. The molecule has 0 aliphatic heterocycles. The number of rotatable bonds is 5. The number of halogens is 2. The van der Waals surface area contributed by atoms with Crippen LogP contribution in [0.25, 0.3) is 0 Å². The van der Waals surface area contributed by atoms with Crippen LogP contribution in [0.5, 0.6) is 0 Å². The normalized spacial score (nSPS) is 11.0. The van der Waals surface area contributed by atoms with Gasteiger partial charge in [-0.15, -0.1) is 0 Å². The van der Waals surface area contributed by atoms with E-state index < -0.39 is 5.76 Å². The van der Waals surface area contributed by atoms with E-state index in [1.165, 1.54) is 0 Å². The van der Waals surface area contributed by atoms with E-state index in [9.17, 15) is 13.6 Å². The van der Waals surface area contributed by atoms with Crippen LogP contribution in [-0.2, 0) is 0 Å². The van der Waals surface area contributed by atoms with Gasteiger partial charge in [-0.2, -0.15) is 8.78 Å². The minimum absolute atomic E-state index is 0.308. The monoisotopic (exact) mass is 321 g/mol. The third kappa shape index (κ3) is 4.31. The van der Waals surface area contributed by atoms with Crippen molar-refractivity contribution in [2.75, 3.05) is 5.32 Å². The van der Waals surface area contributed by atoms with Gasteiger partial charge in [0.2, 0.25) is 0 Å². The summed E-state index contributed by atoms with van der Waals surface area (Å²) < 4.78 is 25.1. The maximum absolute atomic E-state index is 12.5. The second-order valence-corrected chi connectivity index (χ2v) is 6.14. The van der Waals surface area contributed by atoms with Crippen molar-refractivity contribution in [1.82, 2.24) is 0 Å². The first-order valence-corrected chi connectivity index (χ1v) is 7.80. The van der Waals surface area contributed by atoms with E-state index in [4.69, 9.17) is 0 Å². The van der Waals surface area contributed by atoms with E-state index in [-0.39, 0.29) is 5.91 Å². The number of anilines is 1. The van der Waals surface area contributed by atoms with Crippen molar-refractivity contribution in [3.05, 3.63) is 59.7 Å². The molecule has 0 radical (unpaired) electrons. The van der Waals surface area contributed by atoms with Crippen molar-refractivity contribution in [2.24, 2.45) is 0 Å². The Balaban J connectivity index is 2.15. The Morgan fingerprint density at radius 3 is 2.27 bits per heavy atom. The van der Waals surface area contributed by atoms with Gasteiger partial charge in [-0.1, -0.05) is 49.9 Å². The van der Waals surface area contributed by atoms with Crippen LogP contribution >= 0.6 is 11.8 Å². The molecule has 116 valence electrons. The highest BCUT2D eigenvalue weighted by atomic mass is 32.2. The molecule has 0 aliphatic carbocycles. The molecule has 1 N–H and O–H groups in total. The summed E-state index contributed by atoms with van der Waals surface area (Å²) in [5.74, 6) is -2.44. The SMILES string of the molecule is CC(C)c1ccc(C(=O)Nc2ccccc2SC(F)F)cc1. The number of carbonyl (C=O) groups excluding carboxylic acids is 1. The van der Waals surface area contributed by atoms with Crippen molar-refractivity contribution in [3.63, 3.8) is 0 Å². The Kier molecular flexibility index (Phi) is 5.55. The molecule has 0 spiro atoms. The molecule has 2 nitrogen and oxygen atoms in total. The number of thioether (sulfide) groups is 1. The smallest absolute Gasteiger partial charge is 0.288 e. The predicted molar refractivity (Wildman–Crippen MR) is 86.8 cm³/mol. The average Bonchev–Trinajstić information content (AvgIpc) is 2.48. The quantitative estimate of drug-likeness (QED) is 0.749. The van der Waals surface area contributed by atoms with E-state index in [0.29, 0.717) is 33.8 Å². The first kappa shape index (κ1) is 16.5. The lowest BCUT2D eigenvalue weighted by molar-refractivity contribution is 0.102. The molecule has 0 atom stereocenters. The number of benzene rings is 2. The molecular weight excluding hydrogens is 304 g/mol. The highest BCUT2D eigenvalue weighted by molar-refractivity contribution is 7.99. The van der Waals surface area contributed by atoms with Crippen molar-refractivity contribution in [2.45, 2.75) is 30.4 Å².